The van der Waals surface area contributed by atoms with Gasteiger partial charge in [-0.3, -0.25) is 24.5 Å². The van der Waals surface area contributed by atoms with Gasteiger partial charge in [0.1, 0.15) is 28.8 Å². The molecule has 53 heavy (non-hydrogen) atoms. The second-order valence-corrected chi connectivity index (χ2v) is 15.4. The Hall–Kier alpha value is -5.13. The summed E-state index contributed by atoms with van der Waals surface area (Å²) in [4.78, 5) is 36.7. The van der Waals surface area contributed by atoms with Crippen molar-refractivity contribution in [3.05, 3.63) is 112 Å². The largest absolute Gasteiger partial charge is 0.497 e. The Kier molecular flexibility index (Phi) is 9.36. The van der Waals surface area contributed by atoms with Crippen molar-refractivity contribution in [1.82, 2.24) is 23.8 Å². The van der Waals surface area contributed by atoms with Gasteiger partial charge in [-0.1, -0.05) is 68.4 Å². The first-order valence-electron chi connectivity index (χ1n) is 16.9. The Morgan fingerprint density at radius 2 is 1.60 bits per heavy atom. The summed E-state index contributed by atoms with van der Waals surface area (Å²) in [7, 11) is -0.760. The number of methoxy groups -OCH3 is 2. The van der Waals surface area contributed by atoms with Crippen LogP contribution in [0.3, 0.4) is 0 Å². The van der Waals surface area contributed by atoms with E-state index < -0.39 is 51.1 Å². The lowest BCUT2D eigenvalue weighted by atomic mass is 9.79. The molecule has 0 saturated carbocycles. The summed E-state index contributed by atoms with van der Waals surface area (Å²) in [5.74, 6) is 0.384. The van der Waals surface area contributed by atoms with E-state index in [9.17, 15) is 23.1 Å². The summed E-state index contributed by atoms with van der Waals surface area (Å²) >= 11 is 0. The van der Waals surface area contributed by atoms with Gasteiger partial charge in [0.2, 0.25) is 21.9 Å². The minimum absolute atomic E-state index is 0.0252. The number of nitrogens with one attached hydrogen (secondary N) is 2. The maximum absolute atomic E-state index is 13.3. The first-order chi connectivity index (χ1) is 25.3. The first-order valence-corrected chi connectivity index (χ1v) is 18.7. The number of benzene rings is 3. The SMILES string of the molecule is COc1ccc(C(OC[C@@]23CN(S(C)(=O)=O)[C@@H]([C@H](n4cnc5c(=O)[nH]c(NC(=O)C(C)C)nc54)O2)[C@@H]3O)(c2ccccc2)c2ccc(OC)cc2)cc1. The third kappa shape index (κ3) is 6.25. The fourth-order valence-corrected chi connectivity index (χ4v) is 8.22. The molecular formula is C37H40N6O9S. The zero-order valence-corrected chi connectivity index (χ0v) is 30.5. The summed E-state index contributed by atoms with van der Waals surface area (Å²) in [6.45, 7) is 2.88. The average molecular weight is 745 g/mol. The highest BCUT2D eigenvalue weighted by atomic mass is 32.2. The first kappa shape index (κ1) is 36.2. The molecule has 5 aromatic rings. The highest BCUT2D eigenvalue weighted by molar-refractivity contribution is 7.88. The second-order valence-electron chi connectivity index (χ2n) is 13.5. The van der Waals surface area contributed by atoms with Gasteiger partial charge in [-0.2, -0.15) is 9.29 Å². The van der Waals surface area contributed by atoms with Crippen molar-refractivity contribution in [3.63, 3.8) is 0 Å². The van der Waals surface area contributed by atoms with Gasteiger partial charge >= 0.3 is 0 Å². The number of carbonyl (C=O) groups excluding carboxylic acids is 1. The summed E-state index contributed by atoms with van der Waals surface area (Å²) in [5.41, 5.74) is -1.35. The molecule has 0 spiro atoms. The van der Waals surface area contributed by atoms with Gasteiger partial charge in [0.15, 0.2) is 17.4 Å². The standard InChI is InChI=1S/C37H40N6O9S/c1-22(2)32(45)40-35-39-31-28(33(46)41-35)38-21-42(31)34-29-30(44)36(52-34,19-43(29)53(5,47)48)20-51-37(23-9-7-6-8-10-23,24-11-15-26(49-3)16-12-24)25-13-17-27(50-4)18-14-25/h6-18,21-22,29-30,34,44H,19-20H2,1-5H3,(H2,39,40,41,45,46)/t29-,30+,34-,36-/m1/s1. The number of aliphatic hydroxyl groups excluding tert-OH is 1. The predicted octanol–water partition coefficient (Wildman–Crippen LogP) is 3.01. The van der Waals surface area contributed by atoms with Crippen molar-refractivity contribution in [2.75, 3.05) is 38.9 Å². The number of morpholine rings is 1. The number of hydrogen-bond donors (Lipinski definition) is 3. The van der Waals surface area contributed by atoms with E-state index in [0.717, 1.165) is 22.9 Å². The number of anilines is 1. The van der Waals surface area contributed by atoms with Crippen LogP contribution in [0.1, 0.15) is 36.8 Å². The van der Waals surface area contributed by atoms with Crippen LogP contribution in [0.15, 0.2) is 90.0 Å². The summed E-state index contributed by atoms with van der Waals surface area (Å²) in [6, 6.07) is 23.2. The molecule has 1 amide bonds. The van der Waals surface area contributed by atoms with Crippen LogP contribution < -0.4 is 20.3 Å². The smallest absolute Gasteiger partial charge is 0.280 e. The van der Waals surface area contributed by atoms with Gasteiger partial charge in [-0.25, -0.2) is 13.4 Å². The molecule has 3 N–H and O–H groups in total. The molecule has 2 aliphatic heterocycles. The van der Waals surface area contributed by atoms with E-state index in [1.54, 1.807) is 28.1 Å². The van der Waals surface area contributed by atoms with Crippen LogP contribution in [0, 0.1) is 5.92 Å². The molecule has 2 aliphatic rings. The van der Waals surface area contributed by atoms with Crippen molar-refractivity contribution in [2.24, 2.45) is 5.92 Å². The van der Waals surface area contributed by atoms with E-state index in [0.29, 0.717) is 11.5 Å². The zero-order chi connectivity index (χ0) is 37.7. The van der Waals surface area contributed by atoms with Gasteiger partial charge in [0.25, 0.3) is 5.56 Å². The number of imidazole rings is 1. The van der Waals surface area contributed by atoms with Gasteiger partial charge in [0, 0.05) is 12.5 Å². The lowest BCUT2D eigenvalue weighted by Gasteiger charge is -2.41. The van der Waals surface area contributed by atoms with Crippen LogP contribution in [0.5, 0.6) is 11.5 Å². The van der Waals surface area contributed by atoms with Crippen LogP contribution in [-0.2, 0) is 29.9 Å². The topological polar surface area (TPSA) is 187 Å². The number of sulfonamides is 1. The number of amides is 1. The van der Waals surface area contributed by atoms with Gasteiger partial charge < -0.3 is 24.1 Å². The molecule has 0 unspecified atom stereocenters. The van der Waals surface area contributed by atoms with Crippen LogP contribution in [-0.4, -0.2) is 94.6 Å². The number of nitrogens with zero attached hydrogens (tertiary/aromatic N) is 4. The van der Waals surface area contributed by atoms with E-state index >= 15 is 0 Å². The molecule has 2 aromatic heterocycles. The van der Waals surface area contributed by atoms with Crippen molar-refractivity contribution in [3.8, 4) is 11.5 Å². The monoisotopic (exact) mass is 744 g/mol. The number of aromatic amines is 1. The van der Waals surface area contributed by atoms with Gasteiger partial charge in [-0.15, -0.1) is 0 Å². The fourth-order valence-electron chi connectivity index (χ4n) is 7.11. The van der Waals surface area contributed by atoms with Gasteiger partial charge in [0.05, 0.1) is 39.5 Å². The Morgan fingerprint density at radius 1 is 1.02 bits per heavy atom. The Bertz CT molecular complexity index is 2250. The van der Waals surface area contributed by atoms with Crippen LogP contribution in [0.2, 0.25) is 0 Å². The maximum Gasteiger partial charge on any atom is 0.280 e. The number of hydrogen-bond acceptors (Lipinski definition) is 11. The molecule has 3 aromatic carbocycles. The number of H-pyrrole nitrogens is 1. The number of fused-ring (bicyclic) bond motifs is 3. The van der Waals surface area contributed by atoms with Crippen molar-refractivity contribution in [1.29, 1.82) is 0 Å². The lowest BCUT2D eigenvalue weighted by molar-refractivity contribution is -0.169. The third-order valence-corrected chi connectivity index (χ3v) is 11.1. The number of ether oxygens (including phenoxy) is 4. The molecule has 0 aliphatic carbocycles. The number of rotatable bonds is 12. The molecular weight excluding hydrogens is 705 g/mol. The Labute approximate surface area is 305 Å². The molecule has 278 valence electrons. The van der Waals surface area contributed by atoms with Crippen LogP contribution in [0.4, 0.5) is 5.95 Å². The zero-order valence-electron chi connectivity index (χ0n) is 29.7. The number of aliphatic hydroxyl groups is 1. The molecule has 4 atom stereocenters. The van der Waals surface area contributed by atoms with Crippen LogP contribution >= 0.6 is 0 Å². The molecule has 2 bridgehead atoms. The minimum Gasteiger partial charge on any atom is -0.497 e. The van der Waals surface area contributed by atoms with Crippen LogP contribution in [0.25, 0.3) is 11.2 Å². The van der Waals surface area contributed by atoms with E-state index in [2.05, 4.69) is 20.3 Å². The third-order valence-electron chi connectivity index (χ3n) is 9.87. The summed E-state index contributed by atoms with van der Waals surface area (Å²) in [6.07, 6.45) is -0.208. The van der Waals surface area contributed by atoms with Crippen molar-refractivity contribution in [2.45, 2.75) is 43.4 Å². The summed E-state index contributed by atoms with van der Waals surface area (Å²) < 4.78 is 53.9. The minimum atomic E-state index is -3.92. The van der Waals surface area contributed by atoms with Gasteiger partial charge in [-0.05, 0) is 41.0 Å². The van der Waals surface area contributed by atoms with E-state index in [1.807, 2.05) is 78.9 Å². The molecule has 7 rings (SSSR count). The molecule has 15 nitrogen and oxygen atoms in total. The fraction of sp³-hybridized carbons (Fsp3) is 0.351. The highest BCUT2D eigenvalue weighted by Crippen LogP contribution is 2.50. The molecule has 4 heterocycles. The summed E-state index contributed by atoms with van der Waals surface area (Å²) in [5, 5.41) is 14.6. The molecule has 0 radical (unpaired) electrons. The quantitative estimate of drug-likeness (QED) is 0.160. The van der Waals surface area contributed by atoms with Crippen molar-refractivity contribution < 1.29 is 37.3 Å². The number of aromatic nitrogens is 4. The van der Waals surface area contributed by atoms with E-state index in [-0.39, 0.29) is 36.2 Å². The lowest BCUT2D eigenvalue weighted by Crippen LogP contribution is -2.51. The molecule has 2 saturated heterocycles. The normalized spacial score (nSPS) is 21.7. The number of carbonyl (C=O) groups is 1. The van der Waals surface area contributed by atoms with E-state index in [1.165, 1.54) is 15.2 Å². The van der Waals surface area contributed by atoms with Crippen molar-refractivity contribution >= 4 is 33.0 Å². The average Bonchev–Trinajstić information content (AvgIpc) is 3.80. The highest BCUT2D eigenvalue weighted by Gasteiger charge is 2.67. The second kappa shape index (κ2) is 13.7. The maximum atomic E-state index is 13.3. The Morgan fingerprint density at radius 3 is 2.15 bits per heavy atom. The molecule has 16 heteroatoms. The Balaban J connectivity index is 1.34. The van der Waals surface area contributed by atoms with E-state index in [4.69, 9.17) is 18.9 Å². The molecule has 2 fully saturated rings. The predicted molar refractivity (Wildman–Crippen MR) is 194 cm³/mol.